The Morgan fingerprint density at radius 1 is 1.47 bits per heavy atom. The molecule has 0 spiro atoms. The largest absolute Gasteiger partial charge is 0.478 e. The van der Waals surface area contributed by atoms with Crippen LogP contribution < -0.4 is 10.2 Å². The van der Waals surface area contributed by atoms with Crippen molar-refractivity contribution in [2.45, 2.75) is 6.92 Å². The van der Waals surface area contributed by atoms with Crippen molar-refractivity contribution in [3.63, 3.8) is 0 Å². The average molecular weight is 329 g/mol. The number of hydrogen-bond donors (Lipinski definition) is 2. The minimum atomic E-state index is -0.964. The fourth-order valence-electron chi connectivity index (χ4n) is 1.79. The van der Waals surface area contributed by atoms with E-state index in [9.17, 15) is 9.59 Å². The first-order valence-corrected chi connectivity index (χ1v) is 6.61. The van der Waals surface area contributed by atoms with Crippen LogP contribution in [0, 0.1) is 5.92 Å². The molecule has 1 atom stereocenters. The van der Waals surface area contributed by atoms with Gasteiger partial charge in [-0.1, -0.05) is 6.92 Å². The van der Waals surface area contributed by atoms with E-state index in [2.05, 4.69) is 21.2 Å². The van der Waals surface area contributed by atoms with Gasteiger partial charge in [0.05, 0.1) is 17.2 Å². The number of aromatic carboxylic acids is 1. The summed E-state index contributed by atoms with van der Waals surface area (Å²) < 4.78 is 0.694. The molecule has 0 aliphatic rings. The Kier molecular flexibility index (Phi) is 5.35. The van der Waals surface area contributed by atoms with Gasteiger partial charge in [-0.25, -0.2) is 4.79 Å². The van der Waals surface area contributed by atoms with Crippen LogP contribution in [-0.2, 0) is 4.79 Å². The number of nitrogens with one attached hydrogen (secondary N) is 1. The third-order valence-electron chi connectivity index (χ3n) is 2.85. The summed E-state index contributed by atoms with van der Waals surface area (Å²) >= 11 is 3.35. The average Bonchev–Trinajstić information content (AvgIpc) is 2.37. The van der Waals surface area contributed by atoms with Crippen molar-refractivity contribution < 1.29 is 14.7 Å². The number of hydrogen-bond acceptors (Lipinski definition) is 3. The number of nitrogens with zero attached hydrogens (tertiary/aromatic N) is 1. The summed E-state index contributed by atoms with van der Waals surface area (Å²) in [5.74, 6) is -1.14. The predicted molar refractivity (Wildman–Crippen MR) is 77.6 cm³/mol. The van der Waals surface area contributed by atoms with Gasteiger partial charge in [0.25, 0.3) is 0 Å². The molecular formula is C13H17BrN2O3. The van der Waals surface area contributed by atoms with Crippen LogP contribution >= 0.6 is 15.9 Å². The van der Waals surface area contributed by atoms with Crippen molar-refractivity contribution >= 4 is 33.5 Å². The molecule has 5 nitrogen and oxygen atoms in total. The second-order valence-corrected chi connectivity index (χ2v) is 5.22. The van der Waals surface area contributed by atoms with E-state index >= 15 is 0 Å². The highest BCUT2D eigenvalue weighted by Crippen LogP contribution is 2.27. The first-order chi connectivity index (χ1) is 8.86. The Morgan fingerprint density at radius 2 is 2.11 bits per heavy atom. The maximum absolute atomic E-state index is 11.5. The molecule has 1 amide bonds. The maximum Gasteiger partial charge on any atom is 0.335 e. The van der Waals surface area contributed by atoms with Gasteiger partial charge in [0.1, 0.15) is 0 Å². The van der Waals surface area contributed by atoms with Crippen LogP contribution in [0.4, 0.5) is 5.69 Å². The zero-order valence-electron chi connectivity index (χ0n) is 11.1. The third kappa shape index (κ3) is 3.96. The molecule has 0 aromatic heterocycles. The molecule has 0 aliphatic carbocycles. The van der Waals surface area contributed by atoms with E-state index in [1.807, 2.05) is 18.9 Å². The van der Waals surface area contributed by atoms with Crippen LogP contribution in [0.1, 0.15) is 17.3 Å². The molecule has 1 aromatic rings. The van der Waals surface area contributed by atoms with Gasteiger partial charge in [-0.15, -0.1) is 0 Å². The second kappa shape index (κ2) is 6.56. The Bertz CT molecular complexity index is 491. The van der Waals surface area contributed by atoms with E-state index in [0.29, 0.717) is 11.0 Å². The van der Waals surface area contributed by atoms with Crippen LogP contribution in [0.15, 0.2) is 22.7 Å². The van der Waals surface area contributed by atoms with Gasteiger partial charge in [0, 0.05) is 25.1 Å². The van der Waals surface area contributed by atoms with E-state index < -0.39 is 5.97 Å². The molecule has 6 heteroatoms. The monoisotopic (exact) mass is 328 g/mol. The number of carboxylic acids is 1. The van der Waals surface area contributed by atoms with Gasteiger partial charge in [-0.3, -0.25) is 4.79 Å². The molecule has 0 bridgehead atoms. The second-order valence-electron chi connectivity index (χ2n) is 4.37. The minimum Gasteiger partial charge on any atom is -0.478 e. The Balaban J connectivity index is 2.85. The SMILES string of the molecule is CNC(=O)C(C)CN(C)c1ccc(C(=O)O)cc1Br. The number of benzene rings is 1. The summed E-state index contributed by atoms with van der Waals surface area (Å²) in [5, 5.41) is 11.5. The fraction of sp³-hybridized carbons (Fsp3) is 0.385. The lowest BCUT2D eigenvalue weighted by Crippen LogP contribution is -2.34. The Morgan fingerprint density at radius 3 is 2.58 bits per heavy atom. The van der Waals surface area contributed by atoms with E-state index in [4.69, 9.17) is 5.11 Å². The molecule has 0 radical (unpaired) electrons. The van der Waals surface area contributed by atoms with E-state index in [1.54, 1.807) is 25.2 Å². The molecule has 104 valence electrons. The number of rotatable bonds is 5. The molecule has 0 fully saturated rings. The van der Waals surface area contributed by atoms with E-state index in [1.165, 1.54) is 0 Å². The van der Waals surface area contributed by atoms with Gasteiger partial charge >= 0.3 is 5.97 Å². The highest BCUT2D eigenvalue weighted by molar-refractivity contribution is 9.10. The summed E-state index contributed by atoms with van der Waals surface area (Å²) in [5.41, 5.74) is 1.07. The highest BCUT2D eigenvalue weighted by atomic mass is 79.9. The standard InChI is InChI=1S/C13H17BrN2O3/c1-8(12(17)15-2)7-16(3)11-5-4-9(13(18)19)6-10(11)14/h4-6,8H,7H2,1-3H3,(H,15,17)(H,18,19). The first-order valence-electron chi connectivity index (χ1n) is 5.82. The molecular weight excluding hydrogens is 312 g/mol. The lowest BCUT2D eigenvalue weighted by atomic mass is 10.1. The van der Waals surface area contributed by atoms with Crippen molar-refractivity contribution in [2.75, 3.05) is 25.5 Å². The number of carbonyl (C=O) groups is 2. The smallest absolute Gasteiger partial charge is 0.335 e. The third-order valence-corrected chi connectivity index (χ3v) is 3.48. The van der Waals surface area contributed by atoms with E-state index in [0.717, 1.165) is 5.69 Å². The molecule has 19 heavy (non-hydrogen) atoms. The molecule has 0 saturated carbocycles. The molecule has 1 unspecified atom stereocenters. The molecule has 1 aromatic carbocycles. The molecule has 0 heterocycles. The van der Waals surface area contributed by atoms with Gasteiger partial charge in [-0.2, -0.15) is 0 Å². The lowest BCUT2D eigenvalue weighted by molar-refractivity contribution is -0.123. The Labute approximate surface area is 120 Å². The van der Waals surface area contributed by atoms with Crippen LogP contribution in [0.2, 0.25) is 0 Å². The molecule has 0 aliphatic heterocycles. The van der Waals surface area contributed by atoms with Gasteiger partial charge in [0.2, 0.25) is 5.91 Å². The van der Waals surface area contributed by atoms with Crippen LogP contribution in [0.25, 0.3) is 0 Å². The molecule has 1 rings (SSSR count). The zero-order valence-corrected chi connectivity index (χ0v) is 12.7. The number of carboxylic acid groups (broad SMARTS) is 1. The maximum atomic E-state index is 11.5. The predicted octanol–water partition coefficient (Wildman–Crippen LogP) is 1.97. The van der Waals surface area contributed by atoms with Crippen molar-refractivity contribution in [3.8, 4) is 0 Å². The number of amides is 1. The number of carbonyl (C=O) groups excluding carboxylic acids is 1. The van der Waals surface area contributed by atoms with Crippen molar-refractivity contribution in [1.29, 1.82) is 0 Å². The van der Waals surface area contributed by atoms with Gasteiger partial charge < -0.3 is 15.3 Å². The molecule has 0 saturated heterocycles. The van der Waals surface area contributed by atoms with Crippen molar-refractivity contribution in [1.82, 2.24) is 5.32 Å². The van der Waals surface area contributed by atoms with Crippen molar-refractivity contribution in [2.24, 2.45) is 5.92 Å². The van der Waals surface area contributed by atoms with E-state index in [-0.39, 0.29) is 17.4 Å². The summed E-state index contributed by atoms with van der Waals surface area (Å²) in [6.07, 6.45) is 0. The van der Waals surface area contributed by atoms with Gasteiger partial charge in [-0.05, 0) is 34.1 Å². The zero-order chi connectivity index (χ0) is 14.6. The van der Waals surface area contributed by atoms with Crippen LogP contribution in [0.3, 0.4) is 0 Å². The summed E-state index contributed by atoms with van der Waals surface area (Å²) in [7, 11) is 3.47. The normalized spacial score (nSPS) is 11.8. The number of halogens is 1. The highest BCUT2D eigenvalue weighted by Gasteiger charge is 2.16. The Hall–Kier alpha value is -1.56. The van der Waals surface area contributed by atoms with Crippen LogP contribution in [0.5, 0.6) is 0 Å². The summed E-state index contributed by atoms with van der Waals surface area (Å²) in [4.78, 5) is 24.2. The van der Waals surface area contributed by atoms with Gasteiger partial charge in [0.15, 0.2) is 0 Å². The number of anilines is 1. The first kappa shape index (κ1) is 15.5. The van der Waals surface area contributed by atoms with Crippen molar-refractivity contribution in [3.05, 3.63) is 28.2 Å². The summed E-state index contributed by atoms with van der Waals surface area (Å²) in [6.45, 7) is 2.39. The molecule has 2 N–H and O–H groups in total. The minimum absolute atomic E-state index is 0.0230. The van der Waals surface area contributed by atoms with Crippen LogP contribution in [-0.4, -0.2) is 37.6 Å². The lowest BCUT2D eigenvalue weighted by Gasteiger charge is -2.24. The fourth-order valence-corrected chi connectivity index (χ4v) is 2.47. The summed E-state index contributed by atoms with van der Waals surface area (Å²) in [6, 6.07) is 4.83. The topological polar surface area (TPSA) is 69.6 Å². The quantitative estimate of drug-likeness (QED) is 0.866.